The molecule has 1 unspecified atom stereocenters. The summed E-state index contributed by atoms with van der Waals surface area (Å²) in [5.74, 6) is -0.648. The summed E-state index contributed by atoms with van der Waals surface area (Å²) in [5.41, 5.74) is -3.19. The van der Waals surface area contributed by atoms with Crippen LogP contribution < -0.4 is 0 Å². The number of rotatable bonds is 2. The number of carbonyl (C=O) groups excluding carboxylic acids is 1. The van der Waals surface area contributed by atoms with Gasteiger partial charge in [0.05, 0.1) is 12.7 Å². The Morgan fingerprint density at radius 2 is 1.32 bits per heavy atom. The number of ether oxygens (including phenoxy) is 1. The second-order valence-corrected chi connectivity index (χ2v) is 5.90. The van der Waals surface area contributed by atoms with E-state index in [4.69, 9.17) is 4.74 Å². The van der Waals surface area contributed by atoms with Gasteiger partial charge in [0.15, 0.2) is 5.60 Å². The molecule has 0 spiro atoms. The summed E-state index contributed by atoms with van der Waals surface area (Å²) < 4.78 is 45.5. The topological polar surface area (TPSA) is 46.5 Å². The Hall–Kier alpha value is -2.60. The Bertz CT molecular complexity index is 918. The first kappa shape index (κ1) is 17.2. The van der Waals surface area contributed by atoms with E-state index in [2.05, 4.69) is 0 Å². The molecule has 3 rings (SSSR count). The largest absolute Gasteiger partial charge is 0.465 e. The van der Waals surface area contributed by atoms with Crippen LogP contribution in [0, 0.1) is 0 Å². The van der Waals surface area contributed by atoms with Gasteiger partial charge in [-0.25, -0.2) is 4.79 Å². The number of carbonyl (C=O) groups is 1. The summed E-state index contributed by atoms with van der Waals surface area (Å²) in [6, 6.07) is 12.4. The zero-order chi connectivity index (χ0) is 18.4. The van der Waals surface area contributed by atoms with Gasteiger partial charge in [0.25, 0.3) is 0 Å². The third-order valence-corrected chi connectivity index (χ3v) is 4.36. The highest BCUT2D eigenvalue weighted by molar-refractivity contribution is 6.18. The van der Waals surface area contributed by atoms with Crippen molar-refractivity contribution < 1.29 is 27.8 Å². The fourth-order valence-electron chi connectivity index (χ4n) is 3.12. The van der Waals surface area contributed by atoms with Crippen LogP contribution in [0.15, 0.2) is 48.5 Å². The highest BCUT2D eigenvalue weighted by atomic mass is 19.4. The molecule has 0 saturated heterocycles. The first-order valence-electron chi connectivity index (χ1n) is 7.51. The van der Waals surface area contributed by atoms with Crippen LogP contribution in [0.4, 0.5) is 13.2 Å². The van der Waals surface area contributed by atoms with Gasteiger partial charge in [-0.1, -0.05) is 48.5 Å². The number of hydrogen-bond acceptors (Lipinski definition) is 3. The van der Waals surface area contributed by atoms with Crippen LogP contribution in [-0.2, 0) is 10.3 Å². The summed E-state index contributed by atoms with van der Waals surface area (Å²) in [7, 11) is 1.21. The SMILES string of the molecule is COC(=O)c1c2ccccc2c(C(C)(O)C(F)(F)F)c2ccccc12. The van der Waals surface area contributed by atoms with Crippen molar-refractivity contribution in [2.45, 2.75) is 18.7 Å². The summed E-state index contributed by atoms with van der Waals surface area (Å²) in [5, 5.41) is 11.3. The first-order chi connectivity index (χ1) is 11.7. The molecule has 130 valence electrons. The monoisotopic (exact) mass is 348 g/mol. The van der Waals surface area contributed by atoms with Crippen molar-refractivity contribution in [2.24, 2.45) is 0 Å². The fraction of sp³-hybridized carbons (Fsp3) is 0.211. The van der Waals surface area contributed by atoms with Crippen molar-refractivity contribution >= 4 is 27.5 Å². The number of alkyl halides is 3. The average Bonchev–Trinajstić information content (AvgIpc) is 2.57. The van der Waals surface area contributed by atoms with Crippen LogP contribution in [0.1, 0.15) is 22.8 Å². The number of fused-ring (bicyclic) bond motifs is 2. The quantitative estimate of drug-likeness (QED) is 0.546. The third kappa shape index (κ3) is 2.53. The maximum Gasteiger partial charge on any atom is 0.421 e. The maximum absolute atomic E-state index is 13.6. The number of halogens is 3. The summed E-state index contributed by atoms with van der Waals surface area (Å²) >= 11 is 0. The first-order valence-corrected chi connectivity index (χ1v) is 7.51. The van der Waals surface area contributed by atoms with E-state index in [0.29, 0.717) is 10.8 Å². The molecular formula is C19H15F3O3. The second-order valence-electron chi connectivity index (χ2n) is 5.90. The Balaban J connectivity index is 2.60. The number of aliphatic hydroxyl groups is 1. The Morgan fingerprint density at radius 1 is 0.920 bits per heavy atom. The van der Waals surface area contributed by atoms with Gasteiger partial charge in [0.2, 0.25) is 0 Å². The van der Waals surface area contributed by atoms with E-state index in [1.165, 1.54) is 19.2 Å². The molecule has 0 aromatic heterocycles. The van der Waals surface area contributed by atoms with Gasteiger partial charge in [-0.05, 0) is 28.5 Å². The minimum atomic E-state index is -4.88. The van der Waals surface area contributed by atoms with Crippen molar-refractivity contribution in [3.8, 4) is 0 Å². The zero-order valence-corrected chi connectivity index (χ0v) is 13.5. The van der Waals surface area contributed by atoms with Crippen molar-refractivity contribution in [3.63, 3.8) is 0 Å². The lowest BCUT2D eigenvalue weighted by Gasteiger charge is -2.30. The molecule has 0 heterocycles. The molecule has 6 heteroatoms. The predicted octanol–water partition coefficient (Wildman–Crippen LogP) is 4.55. The number of methoxy groups -OCH3 is 1. The number of hydrogen-bond donors (Lipinski definition) is 1. The van der Waals surface area contributed by atoms with Crippen molar-refractivity contribution in [1.29, 1.82) is 0 Å². The number of benzene rings is 3. The van der Waals surface area contributed by atoms with Crippen molar-refractivity contribution in [2.75, 3.05) is 7.11 Å². The molecule has 0 saturated carbocycles. The molecule has 3 aromatic rings. The Morgan fingerprint density at radius 3 is 1.68 bits per heavy atom. The van der Waals surface area contributed by atoms with Gasteiger partial charge in [-0.3, -0.25) is 0 Å². The molecule has 0 bridgehead atoms. The lowest BCUT2D eigenvalue weighted by molar-refractivity contribution is -0.257. The molecule has 3 nitrogen and oxygen atoms in total. The summed E-state index contributed by atoms with van der Waals surface area (Å²) in [4.78, 5) is 12.3. The normalized spacial score (nSPS) is 14.5. The third-order valence-electron chi connectivity index (χ3n) is 4.36. The molecule has 0 amide bonds. The molecule has 0 aliphatic heterocycles. The van der Waals surface area contributed by atoms with Gasteiger partial charge < -0.3 is 9.84 Å². The van der Waals surface area contributed by atoms with Crippen LogP contribution in [0.25, 0.3) is 21.5 Å². The molecule has 1 N–H and O–H groups in total. The Kier molecular flexibility index (Phi) is 3.95. The maximum atomic E-state index is 13.6. The van der Waals surface area contributed by atoms with Gasteiger partial charge in [-0.2, -0.15) is 13.2 Å². The molecule has 3 aromatic carbocycles. The fourth-order valence-corrected chi connectivity index (χ4v) is 3.12. The average molecular weight is 348 g/mol. The van der Waals surface area contributed by atoms with E-state index < -0.39 is 17.7 Å². The molecule has 0 radical (unpaired) electrons. The molecule has 1 atom stereocenters. The highest BCUT2D eigenvalue weighted by Gasteiger charge is 2.52. The zero-order valence-electron chi connectivity index (χ0n) is 13.5. The minimum absolute atomic E-state index is 0.156. The molecular weight excluding hydrogens is 333 g/mol. The van der Waals surface area contributed by atoms with Crippen LogP contribution in [0.3, 0.4) is 0 Å². The smallest absolute Gasteiger partial charge is 0.421 e. The summed E-state index contributed by atoms with van der Waals surface area (Å²) in [6.07, 6.45) is -4.88. The standard InChI is InChI=1S/C19H15F3O3/c1-18(24,19(20,21)22)16-13-9-5-3-7-11(13)15(17(23)25-2)12-8-4-6-10-14(12)16/h3-10,24H,1-2H3. The number of esters is 1. The lowest BCUT2D eigenvalue weighted by Crippen LogP contribution is -2.39. The van der Waals surface area contributed by atoms with E-state index in [0.717, 1.165) is 6.92 Å². The Labute approximate surface area is 141 Å². The van der Waals surface area contributed by atoms with Crippen LogP contribution in [0.2, 0.25) is 0 Å². The molecule has 0 fully saturated rings. The molecule has 0 aliphatic rings. The van der Waals surface area contributed by atoms with E-state index in [1.807, 2.05) is 0 Å². The second kappa shape index (κ2) is 5.74. The van der Waals surface area contributed by atoms with Crippen LogP contribution in [-0.4, -0.2) is 24.4 Å². The van der Waals surface area contributed by atoms with Gasteiger partial charge >= 0.3 is 12.1 Å². The molecule has 25 heavy (non-hydrogen) atoms. The van der Waals surface area contributed by atoms with Crippen LogP contribution >= 0.6 is 0 Å². The van der Waals surface area contributed by atoms with E-state index in [-0.39, 0.29) is 21.9 Å². The summed E-state index contributed by atoms with van der Waals surface area (Å²) in [6.45, 7) is 0.721. The molecule has 0 aliphatic carbocycles. The lowest BCUT2D eigenvalue weighted by atomic mass is 9.83. The van der Waals surface area contributed by atoms with E-state index >= 15 is 0 Å². The van der Waals surface area contributed by atoms with Gasteiger partial charge in [0.1, 0.15) is 0 Å². The highest BCUT2D eigenvalue weighted by Crippen LogP contribution is 2.46. The van der Waals surface area contributed by atoms with Crippen molar-refractivity contribution in [3.05, 3.63) is 59.7 Å². The van der Waals surface area contributed by atoms with Crippen molar-refractivity contribution in [1.82, 2.24) is 0 Å². The van der Waals surface area contributed by atoms with Gasteiger partial charge in [0, 0.05) is 5.56 Å². The van der Waals surface area contributed by atoms with Gasteiger partial charge in [-0.15, -0.1) is 0 Å². The van der Waals surface area contributed by atoms with Crippen LogP contribution in [0.5, 0.6) is 0 Å². The van der Waals surface area contributed by atoms with E-state index in [1.54, 1.807) is 36.4 Å². The minimum Gasteiger partial charge on any atom is -0.465 e. The van der Waals surface area contributed by atoms with E-state index in [9.17, 15) is 23.1 Å². The predicted molar refractivity (Wildman–Crippen MR) is 88.4 cm³/mol.